The summed E-state index contributed by atoms with van der Waals surface area (Å²) < 4.78 is 5.39. The van der Waals surface area contributed by atoms with E-state index in [1.54, 1.807) is 29.3 Å². The number of aromatic amines is 1. The summed E-state index contributed by atoms with van der Waals surface area (Å²) in [4.78, 5) is 26.0. The number of nitrogens with one attached hydrogen (secondary N) is 1. The molecule has 3 rings (SSSR count). The second-order valence-electron chi connectivity index (χ2n) is 7.33. The predicted octanol–water partition coefficient (Wildman–Crippen LogP) is 4.44. The van der Waals surface area contributed by atoms with Crippen LogP contribution >= 0.6 is 23.2 Å². The molecule has 2 aromatic rings. The van der Waals surface area contributed by atoms with E-state index in [1.807, 2.05) is 0 Å². The number of likely N-dealkylation sites (tertiary alicyclic amines) is 1. The third kappa shape index (κ3) is 7.01. The number of Topliss-reactive ketones (excluding diaryl/α,β-unsaturated/α-hetero) is 1. The van der Waals surface area contributed by atoms with E-state index in [1.165, 1.54) is 0 Å². The Kier molecular flexibility index (Phi) is 7.89. The largest absolute Gasteiger partial charge is 0.445 e. The fraction of sp³-hybridized carbons (Fsp3) is 0.500. The van der Waals surface area contributed by atoms with Gasteiger partial charge in [-0.25, -0.2) is 4.79 Å². The van der Waals surface area contributed by atoms with Crippen LogP contribution in [0, 0.1) is 5.92 Å². The van der Waals surface area contributed by atoms with Crippen molar-refractivity contribution in [2.45, 2.75) is 45.1 Å². The highest BCUT2D eigenvalue weighted by atomic mass is 35.5. The van der Waals surface area contributed by atoms with Gasteiger partial charge in [0.25, 0.3) is 0 Å². The van der Waals surface area contributed by atoms with E-state index in [0.29, 0.717) is 47.6 Å². The number of rotatable bonds is 8. The molecule has 156 valence electrons. The number of amides is 1. The molecule has 0 bridgehead atoms. The quantitative estimate of drug-likeness (QED) is 0.657. The van der Waals surface area contributed by atoms with Crippen LogP contribution in [0.15, 0.2) is 24.4 Å². The molecule has 0 unspecified atom stereocenters. The van der Waals surface area contributed by atoms with Gasteiger partial charge in [-0.1, -0.05) is 23.2 Å². The van der Waals surface area contributed by atoms with E-state index in [0.717, 1.165) is 31.2 Å². The lowest BCUT2D eigenvalue weighted by atomic mass is 9.91. The monoisotopic (exact) mass is 438 g/mol. The van der Waals surface area contributed by atoms with Gasteiger partial charge in [-0.05, 0) is 55.4 Å². The maximum Gasteiger partial charge on any atom is 0.410 e. The molecule has 2 heterocycles. The number of hydrogen-bond donors (Lipinski definition) is 1. The Hall–Kier alpha value is -2.12. The van der Waals surface area contributed by atoms with E-state index in [2.05, 4.69) is 15.4 Å². The summed E-state index contributed by atoms with van der Waals surface area (Å²) in [5.74, 6) is 0.715. The Morgan fingerprint density at radius 2 is 1.90 bits per heavy atom. The minimum Gasteiger partial charge on any atom is -0.445 e. The SMILES string of the molecule is O=C(CCCC1CCN(C(=O)OCc2cc(Cl)cc(Cl)c2)CC1)Cc1cn[nH]n1. The van der Waals surface area contributed by atoms with E-state index in [4.69, 9.17) is 27.9 Å². The predicted molar refractivity (Wildman–Crippen MR) is 110 cm³/mol. The number of halogens is 2. The minimum atomic E-state index is -0.317. The lowest BCUT2D eigenvalue weighted by Gasteiger charge is -2.31. The number of ketones is 1. The molecule has 7 nitrogen and oxygen atoms in total. The summed E-state index contributed by atoms with van der Waals surface area (Å²) in [6, 6.07) is 5.11. The first-order chi connectivity index (χ1) is 14.0. The molecule has 0 atom stereocenters. The zero-order chi connectivity index (χ0) is 20.6. The molecule has 1 aliphatic heterocycles. The number of carbonyl (C=O) groups excluding carboxylic acids is 2. The van der Waals surface area contributed by atoms with Crippen LogP contribution in [0.3, 0.4) is 0 Å². The number of carbonyl (C=O) groups is 2. The molecule has 0 aliphatic carbocycles. The van der Waals surface area contributed by atoms with E-state index < -0.39 is 0 Å². The molecule has 1 amide bonds. The topological polar surface area (TPSA) is 88.2 Å². The molecule has 29 heavy (non-hydrogen) atoms. The zero-order valence-electron chi connectivity index (χ0n) is 16.1. The maximum atomic E-state index is 12.3. The molecule has 1 N–H and O–H groups in total. The minimum absolute atomic E-state index is 0.146. The van der Waals surface area contributed by atoms with Gasteiger partial charge in [0.15, 0.2) is 0 Å². The summed E-state index contributed by atoms with van der Waals surface area (Å²) >= 11 is 11.9. The Bertz CT molecular complexity index is 801. The standard InChI is InChI=1S/C20H24Cl2N4O3/c21-16-8-15(9-17(22)10-16)13-29-20(28)26-6-4-14(5-7-26)2-1-3-19(27)11-18-12-23-25-24-18/h8-10,12,14H,1-7,11,13H2,(H,23,24,25). The van der Waals surface area contributed by atoms with Gasteiger partial charge >= 0.3 is 6.09 Å². The summed E-state index contributed by atoms with van der Waals surface area (Å²) in [5.41, 5.74) is 1.45. The first kappa shape index (κ1) is 21.6. The zero-order valence-corrected chi connectivity index (χ0v) is 17.6. The summed E-state index contributed by atoms with van der Waals surface area (Å²) in [7, 11) is 0. The Balaban J connectivity index is 1.32. The lowest BCUT2D eigenvalue weighted by Crippen LogP contribution is -2.38. The van der Waals surface area contributed by atoms with Crippen molar-refractivity contribution in [3.05, 3.63) is 45.7 Å². The fourth-order valence-corrected chi connectivity index (χ4v) is 4.09. The van der Waals surface area contributed by atoms with Crippen molar-refractivity contribution in [3.8, 4) is 0 Å². The van der Waals surface area contributed by atoms with Crippen LogP contribution in [0.1, 0.15) is 43.4 Å². The number of ether oxygens (including phenoxy) is 1. The van der Waals surface area contributed by atoms with Gasteiger partial charge < -0.3 is 9.64 Å². The number of benzene rings is 1. The number of piperidine rings is 1. The van der Waals surface area contributed by atoms with Gasteiger partial charge in [0, 0.05) is 29.6 Å². The number of aromatic nitrogens is 3. The van der Waals surface area contributed by atoms with Crippen molar-refractivity contribution in [2.24, 2.45) is 5.92 Å². The number of hydrogen-bond acceptors (Lipinski definition) is 5. The van der Waals surface area contributed by atoms with Crippen LogP contribution < -0.4 is 0 Å². The Labute approximate surface area is 179 Å². The van der Waals surface area contributed by atoms with Crippen molar-refractivity contribution in [2.75, 3.05) is 13.1 Å². The second-order valence-corrected chi connectivity index (χ2v) is 8.20. The fourth-order valence-electron chi connectivity index (χ4n) is 3.52. The molecule has 0 saturated carbocycles. The molecule has 1 aromatic heterocycles. The third-order valence-corrected chi connectivity index (χ3v) is 5.51. The summed E-state index contributed by atoms with van der Waals surface area (Å²) in [5, 5.41) is 11.2. The van der Waals surface area contributed by atoms with Crippen molar-refractivity contribution >= 4 is 35.1 Å². The van der Waals surface area contributed by atoms with Crippen LogP contribution in [0.25, 0.3) is 0 Å². The van der Waals surface area contributed by atoms with Crippen molar-refractivity contribution in [1.82, 2.24) is 20.3 Å². The third-order valence-electron chi connectivity index (χ3n) is 5.07. The molecule has 0 spiro atoms. The lowest BCUT2D eigenvalue weighted by molar-refractivity contribution is -0.118. The van der Waals surface area contributed by atoms with Gasteiger partial charge in [-0.15, -0.1) is 0 Å². The molecule has 9 heteroatoms. The molecule has 1 aromatic carbocycles. The van der Waals surface area contributed by atoms with Gasteiger partial charge in [0.2, 0.25) is 0 Å². The van der Waals surface area contributed by atoms with Crippen LogP contribution in [-0.4, -0.2) is 45.3 Å². The Morgan fingerprint density at radius 3 is 2.55 bits per heavy atom. The number of nitrogens with zero attached hydrogens (tertiary/aromatic N) is 3. The smallest absolute Gasteiger partial charge is 0.410 e. The highest BCUT2D eigenvalue weighted by molar-refractivity contribution is 6.34. The second kappa shape index (κ2) is 10.6. The molecule has 1 fully saturated rings. The average Bonchev–Trinajstić information content (AvgIpc) is 3.19. The Morgan fingerprint density at radius 1 is 1.17 bits per heavy atom. The summed E-state index contributed by atoms with van der Waals surface area (Å²) in [6.45, 7) is 1.49. The van der Waals surface area contributed by atoms with Crippen molar-refractivity contribution < 1.29 is 14.3 Å². The molecular weight excluding hydrogens is 415 g/mol. The first-order valence-corrected chi connectivity index (χ1v) is 10.5. The highest BCUT2D eigenvalue weighted by Crippen LogP contribution is 2.24. The van der Waals surface area contributed by atoms with Gasteiger partial charge in [0.05, 0.1) is 18.3 Å². The van der Waals surface area contributed by atoms with Crippen LogP contribution in [-0.2, 0) is 22.6 Å². The van der Waals surface area contributed by atoms with E-state index >= 15 is 0 Å². The van der Waals surface area contributed by atoms with Gasteiger partial charge in [0.1, 0.15) is 12.4 Å². The van der Waals surface area contributed by atoms with Crippen LogP contribution in [0.4, 0.5) is 4.79 Å². The molecule has 1 saturated heterocycles. The molecular formula is C20H24Cl2N4O3. The maximum absolute atomic E-state index is 12.3. The summed E-state index contributed by atoms with van der Waals surface area (Å²) in [6.07, 6.45) is 5.85. The average molecular weight is 439 g/mol. The van der Waals surface area contributed by atoms with Crippen molar-refractivity contribution in [1.29, 1.82) is 0 Å². The van der Waals surface area contributed by atoms with Crippen LogP contribution in [0.5, 0.6) is 0 Å². The number of H-pyrrole nitrogens is 1. The van der Waals surface area contributed by atoms with E-state index in [-0.39, 0.29) is 18.5 Å². The van der Waals surface area contributed by atoms with Crippen LogP contribution in [0.2, 0.25) is 10.0 Å². The first-order valence-electron chi connectivity index (χ1n) is 9.72. The van der Waals surface area contributed by atoms with Gasteiger partial charge in [-0.2, -0.15) is 15.4 Å². The normalized spacial score (nSPS) is 14.8. The van der Waals surface area contributed by atoms with E-state index in [9.17, 15) is 9.59 Å². The highest BCUT2D eigenvalue weighted by Gasteiger charge is 2.23. The molecule has 0 radical (unpaired) electrons. The van der Waals surface area contributed by atoms with Gasteiger partial charge in [-0.3, -0.25) is 4.79 Å². The molecule has 1 aliphatic rings. The van der Waals surface area contributed by atoms with Crippen molar-refractivity contribution in [3.63, 3.8) is 0 Å².